The molecular weight excluding hydrogens is 671 g/mol. The number of hydrogen-bond acceptors (Lipinski definition) is 8. The third kappa shape index (κ3) is 12.9. The molecular formula is C38H65N5O7S. The van der Waals surface area contributed by atoms with Gasteiger partial charge in [-0.05, 0) is 56.7 Å². The summed E-state index contributed by atoms with van der Waals surface area (Å²) in [6, 6.07) is 7.40. The lowest BCUT2D eigenvalue weighted by atomic mass is 9.89. The van der Waals surface area contributed by atoms with E-state index in [-0.39, 0.29) is 66.7 Å². The van der Waals surface area contributed by atoms with Crippen molar-refractivity contribution in [2.24, 2.45) is 17.8 Å². The summed E-state index contributed by atoms with van der Waals surface area (Å²) < 4.78 is 30.9. The van der Waals surface area contributed by atoms with Gasteiger partial charge in [-0.25, -0.2) is 8.42 Å². The summed E-state index contributed by atoms with van der Waals surface area (Å²) >= 11 is 0. The molecule has 0 saturated carbocycles. The van der Waals surface area contributed by atoms with Crippen LogP contribution in [0.25, 0.3) is 0 Å². The van der Waals surface area contributed by atoms with Gasteiger partial charge in [0.15, 0.2) is 9.84 Å². The Bertz CT molecular complexity index is 1380. The van der Waals surface area contributed by atoms with Crippen molar-refractivity contribution in [1.82, 2.24) is 25.3 Å². The van der Waals surface area contributed by atoms with Gasteiger partial charge < -0.3 is 25.2 Å². The Morgan fingerprint density at radius 2 is 1.61 bits per heavy atom. The zero-order valence-corrected chi connectivity index (χ0v) is 33.7. The first kappa shape index (κ1) is 44.1. The molecule has 2 rings (SSSR count). The summed E-state index contributed by atoms with van der Waals surface area (Å²) in [5.41, 5.74) is 0.810. The molecule has 7 unspecified atom stereocenters. The number of ether oxygens (including phenoxy) is 1. The highest BCUT2D eigenvalue weighted by Crippen LogP contribution is 2.27. The van der Waals surface area contributed by atoms with Gasteiger partial charge in [0.25, 0.3) is 0 Å². The topological polar surface area (TPSA) is 145 Å². The highest BCUT2D eigenvalue weighted by Gasteiger charge is 2.40. The van der Waals surface area contributed by atoms with Crippen molar-refractivity contribution in [3.8, 4) is 0 Å². The minimum absolute atomic E-state index is 0.0119. The zero-order valence-electron chi connectivity index (χ0n) is 32.8. The molecule has 1 aliphatic rings. The van der Waals surface area contributed by atoms with Crippen LogP contribution in [0, 0.1) is 17.8 Å². The molecule has 1 saturated heterocycles. The number of amides is 4. The van der Waals surface area contributed by atoms with E-state index in [9.17, 15) is 27.6 Å². The standard InChI is InChI=1S/C38H65N5O7S/c1-12-27(6)36(42(9)38(47)34(25(2)3)40-37(46)35(26(4)5)41(7)8)30(50-10)24-33(45)43-22-16-19-29(43)20-21-31(44)39-32(51(11,48)49)23-28-17-14-13-15-18-28/h13-15,17-18,25-27,29-30,32,34-36H,12,16,19-24H2,1-11H3,(H,39,44)(H,40,46). The third-order valence-electron chi connectivity index (χ3n) is 10.3. The molecule has 290 valence electrons. The fourth-order valence-corrected chi connectivity index (χ4v) is 8.12. The fraction of sp³-hybridized carbons (Fsp3) is 0.737. The van der Waals surface area contributed by atoms with Gasteiger partial charge in [-0.1, -0.05) is 78.3 Å². The van der Waals surface area contributed by atoms with E-state index >= 15 is 0 Å². The average molecular weight is 736 g/mol. The first-order chi connectivity index (χ1) is 23.8. The quantitative estimate of drug-likeness (QED) is 0.207. The summed E-state index contributed by atoms with van der Waals surface area (Å²) in [7, 11) is 3.42. The van der Waals surface area contributed by atoms with Crippen molar-refractivity contribution in [1.29, 1.82) is 0 Å². The molecule has 0 spiro atoms. The van der Waals surface area contributed by atoms with Crippen LogP contribution in [-0.2, 0) is 40.2 Å². The summed E-state index contributed by atoms with van der Waals surface area (Å²) in [4.78, 5) is 59.7. The number of nitrogens with one attached hydrogen (secondary N) is 2. The average Bonchev–Trinajstić information content (AvgIpc) is 3.53. The van der Waals surface area contributed by atoms with E-state index in [1.54, 1.807) is 24.0 Å². The summed E-state index contributed by atoms with van der Waals surface area (Å²) in [6.07, 6.45) is 3.51. The Kier molecular flexibility index (Phi) is 17.5. The van der Waals surface area contributed by atoms with E-state index in [4.69, 9.17) is 4.74 Å². The van der Waals surface area contributed by atoms with Crippen LogP contribution in [0.2, 0.25) is 0 Å². The first-order valence-electron chi connectivity index (χ1n) is 18.4. The SMILES string of the molecule is CCC(C)C(C(CC(=O)N1CCCC1CCC(=O)NC(Cc1ccccc1)S(C)(=O)=O)OC)N(C)C(=O)C(NC(=O)C(C(C)C)N(C)C)C(C)C. The summed E-state index contributed by atoms with van der Waals surface area (Å²) in [5, 5.41) is 4.68. The molecule has 51 heavy (non-hydrogen) atoms. The second-order valence-electron chi connectivity index (χ2n) is 15.2. The monoisotopic (exact) mass is 735 g/mol. The van der Waals surface area contributed by atoms with Crippen molar-refractivity contribution in [2.45, 2.75) is 122 Å². The van der Waals surface area contributed by atoms with E-state index in [1.807, 2.05) is 90.9 Å². The van der Waals surface area contributed by atoms with Gasteiger partial charge >= 0.3 is 0 Å². The van der Waals surface area contributed by atoms with Gasteiger partial charge in [0.2, 0.25) is 23.6 Å². The maximum Gasteiger partial charge on any atom is 0.245 e. The van der Waals surface area contributed by atoms with Crippen LogP contribution in [-0.4, -0.2) is 123 Å². The van der Waals surface area contributed by atoms with Crippen LogP contribution in [0.5, 0.6) is 0 Å². The van der Waals surface area contributed by atoms with Gasteiger partial charge in [0, 0.05) is 45.8 Å². The maximum atomic E-state index is 14.1. The molecule has 12 nitrogen and oxygen atoms in total. The van der Waals surface area contributed by atoms with Crippen molar-refractivity contribution in [3.05, 3.63) is 35.9 Å². The number of carbonyl (C=O) groups excluding carboxylic acids is 4. The normalized spacial score (nSPS) is 18.6. The van der Waals surface area contributed by atoms with Gasteiger partial charge in [0.05, 0.1) is 24.6 Å². The molecule has 1 fully saturated rings. The number of carbonyl (C=O) groups is 4. The molecule has 1 aromatic rings. The summed E-state index contributed by atoms with van der Waals surface area (Å²) in [6.45, 7) is 12.4. The van der Waals surface area contributed by atoms with Crippen LogP contribution in [0.4, 0.5) is 0 Å². The molecule has 0 radical (unpaired) electrons. The molecule has 2 N–H and O–H groups in total. The van der Waals surface area contributed by atoms with Crippen molar-refractivity contribution >= 4 is 33.5 Å². The number of likely N-dealkylation sites (N-methyl/N-ethyl adjacent to an activating group) is 2. The van der Waals surface area contributed by atoms with E-state index in [0.717, 1.165) is 31.1 Å². The molecule has 0 aromatic heterocycles. The van der Waals surface area contributed by atoms with Crippen LogP contribution < -0.4 is 10.6 Å². The molecule has 1 heterocycles. The third-order valence-corrected chi connectivity index (χ3v) is 11.6. The van der Waals surface area contributed by atoms with Gasteiger partial charge in [-0.3, -0.25) is 24.1 Å². The van der Waals surface area contributed by atoms with Crippen LogP contribution in [0.15, 0.2) is 30.3 Å². The molecule has 0 bridgehead atoms. The Hall–Kier alpha value is -3.03. The predicted octanol–water partition coefficient (Wildman–Crippen LogP) is 3.49. The molecule has 7 atom stereocenters. The highest BCUT2D eigenvalue weighted by atomic mass is 32.2. The number of rotatable bonds is 20. The number of benzene rings is 1. The van der Waals surface area contributed by atoms with Gasteiger partial charge in [-0.2, -0.15) is 0 Å². The van der Waals surface area contributed by atoms with E-state index < -0.39 is 39.4 Å². The lowest BCUT2D eigenvalue weighted by molar-refractivity contribution is -0.146. The predicted molar refractivity (Wildman–Crippen MR) is 201 cm³/mol. The Morgan fingerprint density at radius 3 is 2.12 bits per heavy atom. The minimum Gasteiger partial charge on any atom is -0.379 e. The minimum atomic E-state index is -3.56. The number of likely N-dealkylation sites (tertiary alicyclic amines) is 1. The number of nitrogens with zero attached hydrogens (tertiary/aromatic N) is 3. The number of hydrogen-bond donors (Lipinski definition) is 2. The van der Waals surface area contributed by atoms with Crippen molar-refractivity contribution in [3.63, 3.8) is 0 Å². The highest BCUT2D eigenvalue weighted by molar-refractivity contribution is 7.91. The number of sulfone groups is 1. The lowest BCUT2D eigenvalue weighted by Crippen LogP contribution is -2.59. The molecule has 0 aliphatic carbocycles. The van der Waals surface area contributed by atoms with Gasteiger partial charge in [0.1, 0.15) is 11.4 Å². The zero-order chi connectivity index (χ0) is 38.6. The Morgan fingerprint density at radius 1 is 0.980 bits per heavy atom. The van der Waals surface area contributed by atoms with E-state index in [1.165, 1.54) is 0 Å². The maximum absolute atomic E-state index is 14.1. The van der Waals surface area contributed by atoms with Crippen LogP contribution >= 0.6 is 0 Å². The van der Waals surface area contributed by atoms with Crippen LogP contribution in [0.1, 0.15) is 85.6 Å². The Labute approximate surface area is 307 Å². The molecule has 1 aliphatic heterocycles. The second kappa shape index (κ2) is 20.3. The van der Waals surface area contributed by atoms with E-state index in [0.29, 0.717) is 13.0 Å². The Balaban J connectivity index is 2.16. The smallest absolute Gasteiger partial charge is 0.245 e. The van der Waals surface area contributed by atoms with Gasteiger partial charge in [-0.15, -0.1) is 0 Å². The molecule has 4 amide bonds. The van der Waals surface area contributed by atoms with Crippen molar-refractivity contribution in [2.75, 3.05) is 41.1 Å². The summed E-state index contributed by atoms with van der Waals surface area (Å²) in [5.74, 6) is -1.06. The largest absolute Gasteiger partial charge is 0.379 e. The van der Waals surface area contributed by atoms with Crippen molar-refractivity contribution < 1.29 is 32.3 Å². The first-order valence-corrected chi connectivity index (χ1v) is 20.4. The fourth-order valence-electron chi connectivity index (χ4n) is 7.28. The second-order valence-corrected chi connectivity index (χ2v) is 17.4. The van der Waals surface area contributed by atoms with Crippen LogP contribution in [0.3, 0.4) is 0 Å². The molecule has 1 aromatic carbocycles. The van der Waals surface area contributed by atoms with E-state index in [2.05, 4.69) is 10.6 Å². The molecule has 13 heteroatoms. The lowest BCUT2D eigenvalue weighted by Gasteiger charge is -2.40. The number of methoxy groups -OCH3 is 1.